The Morgan fingerprint density at radius 1 is 1.00 bits per heavy atom. The minimum Gasteiger partial charge on any atom is -0.497 e. The number of ether oxygens (including phenoxy) is 1. The standard InChI is InChI=1S/C26H27N7O4S/c1-30-22-21(23(34)29-25(30)35)33(15-16-38-26-27-19-5-3-4-6-20(19)37-26)24(28-22)32-13-11-31(12-14-32)17-7-9-18(36-2)10-8-17/h3-10H,11-16H2,1-2H3,(H,29,34,35). The predicted octanol–water partition coefficient (Wildman–Crippen LogP) is 2.69. The maximum absolute atomic E-state index is 12.9. The molecular weight excluding hydrogens is 506 g/mol. The number of imidazole rings is 1. The number of aromatic nitrogens is 5. The van der Waals surface area contributed by atoms with Crippen LogP contribution in [-0.2, 0) is 13.6 Å². The number of anilines is 2. The lowest BCUT2D eigenvalue weighted by Crippen LogP contribution is -2.47. The number of H-pyrrole nitrogens is 1. The van der Waals surface area contributed by atoms with E-state index in [2.05, 4.69) is 31.9 Å². The average Bonchev–Trinajstić information content (AvgIpc) is 3.54. The van der Waals surface area contributed by atoms with Gasteiger partial charge in [-0.1, -0.05) is 23.9 Å². The third-order valence-electron chi connectivity index (χ3n) is 6.80. The number of nitrogens with one attached hydrogen (secondary N) is 1. The first-order chi connectivity index (χ1) is 18.5. The Kier molecular flexibility index (Phi) is 6.32. The van der Waals surface area contributed by atoms with E-state index < -0.39 is 11.2 Å². The Morgan fingerprint density at radius 3 is 2.47 bits per heavy atom. The van der Waals surface area contributed by atoms with Gasteiger partial charge in [-0.2, -0.15) is 4.98 Å². The van der Waals surface area contributed by atoms with Crippen molar-refractivity contribution in [2.45, 2.75) is 11.8 Å². The van der Waals surface area contributed by atoms with Gasteiger partial charge in [0.05, 0.1) is 7.11 Å². The number of oxazole rings is 1. The molecule has 1 aliphatic heterocycles. The van der Waals surface area contributed by atoms with Crippen LogP contribution in [0.2, 0.25) is 0 Å². The minimum atomic E-state index is -0.483. The third kappa shape index (κ3) is 4.40. The molecule has 4 heterocycles. The monoisotopic (exact) mass is 533 g/mol. The molecule has 38 heavy (non-hydrogen) atoms. The number of para-hydroxylation sites is 2. The summed E-state index contributed by atoms with van der Waals surface area (Å²) in [4.78, 5) is 41.4. The van der Waals surface area contributed by atoms with E-state index in [1.807, 2.05) is 41.0 Å². The SMILES string of the molecule is COc1ccc(N2CCN(c3nc4c(c(=O)[nH]c(=O)n4C)n3CCSc3nc4ccccc4o3)CC2)cc1. The van der Waals surface area contributed by atoms with Crippen LogP contribution in [0.1, 0.15) is 0 Å². The smallest absolute Gasteiger partial charge is 0.329 e. The lowest BCUT2D eigenvalue weighted by Gasteiger charge is -2.36. The molecule has 0 atom stereocenters. The molecule has 2 aromatic carbocycles. The maximum Gasteiger partial charge on any atom is 0.329 e. The molecule has 0 bridgehead atoms. The number of methoxy groups -OCH3 is 1. The maximum atomic E-state index is 12.9. The summed E-state index contributed by atoms with van der Waals surface area (Å²) in [5.41, 5.74) is 2.52. The molecule has 0 unspecified atom stereocenters. The normalized spacial score (nSPS) is 14.1. The first-order valence-electron chi connectivity index (χ1n) is 12.3. The van der Waals surface area contributed by atoms with Gasteiger partial charge in [0.1, 0.15) is 11.3 Å². The molecule has 6 rings (SSSR count). The van der Waals surface area contributed by atoms with Crippen molar-refractivity contribution in [3.05, 3.63) is 69.4 Å². The fourth-order valence-electron chi connectivity index (χ4n) is 4.77. The van der Waals surface area contributed by atoms with Gasteiger partial charge in [0.15, 0.2) is 16.7 Å². The van der Waals surface area contributed by atoms with E-state index in [1.165, 1.54) is 16.3 Å². The molecule has 0 aliphatic carbocycles. The van der Waals surface area contributed by atoms with Gasteiger partial charge in [-0.05, 0) is 36.4 Å². The Labute approximate surface area is 221 Å². The van der Waals surface area contributed by atoms with Gasteiger partial charge >= 0.3 is 5.69 Å². The Balaban J connectivity index is 1.26. The van der Waals surface area contributed by atoms with Crippen LogP contribution in [0.4, 0.5) is 11.6 Å². The van der Waals surface area contributed by atoms with Crippen molar-refractivity contribution >= 4 is 45.7 Å². The van der Waals surface area contributed by atoms with Crippen LogP contribution in [0.3, 0.4) is 0 Å². The van der Waals surface area contributed by atoms with Crippen LogP contribution in [0, 0.1) is 0 Å². The molecule has 11 nitrogen and oxygen atoms in total. The van der Waals surface area contributed by atoms with Gasteiger partial charge in [0.25, 0.3) is 10.8 Å². The Morgan fingerprint density at radius 2 is 1.74 bits per heavy atom. The molecule has 5 aromatic rings. The van der Waals surface area contributed by atoms with Gasteiger partial charge in [-0.15, -0.1) is 0 Å². The number of rotatable bonds is 7. The van der Waals surface area contributed by atoms with E-state index in [1.54, 1.807) is 14.2 Å². The summed E-state index contributed by atoms with van der Waals surface area (Å²) in [5.74, 6) is 2.12. The molecule has 196 valence electrons. The molecule has 12 heteroatoms. The molecule has 1 saturated heterocycles. The molecule has 0 saturated carbocycles. The molecule has 0 radical (unpaired) electrons. The van der Waals surface area contributed by atoms with E-state index in [-0.39, 0.29) is 0 Å². The second-order valence-corrected chi connectivity index (χ2v) is 10.1. The zero-order valence-corrected chi connectivity index (χ0v) is 21.9. The summed E-state index contributed by atoms with van der Waals surface area (Å²) < 4.78 is 14.4. The zero-order chi connectivity index (χ0) is 26.2. The first kappa shape index (κ1) is 24.2. The highest BCUT2D eigenvalue weighted by Gasteiger charge is 2.25. The van der Waals surface area contributed by atoms with Crippen LogP contribution in [0.15, 0.2) is 67.8 Å². The highest BCUT2D eigenvalue weighted by Crippen LogP contribution is 2.27. The van der Waals surface area contributed by atoms with Gasteiger partial charge < -0.3 is 23.5 Å². The summed E-state index contributed by atoms with van der Waals surface area (Å²) in [6.45, 7) is 3.53. The zero-order valence-electron chi connectivity index (χ0n) is 21.1. The van der Waals surface area contributed by atoms with Crippen LogP contribution in [-0.4, -0.2) is 63.1 Å². The number of piperazine rings is 1. The van der Waals surface area contributed by atoms with Crippen molar-refractivity contribution in [2.24, 2.45) is 7.05 Å². The molecule has 1 N–H and O–H groups in total. The number of aryl methyl sites for hydroxylation is 2. The summed E-state index contributed by atoms with van der Waals surface area (Å²) in [6, 6.07) is 15.7. The Bertz CT molecular complexity index is 1680. The third-order valence-corrected chi connectivity index (χ3v) is 7.61. The number of aromatic amines is 1. The van der Waals surface area contributed by atoms with Crippen molar-refractivity contribution < 1.29 is 9.15 Å². The highest BCUT2D eigenvalue weighted by molar-refractivity contribution is 7.99. The molecule has 0 amide bonds. The van der Waals surface area contributed by atoms with E-state index in [9.17, 15) is 9.59 Å². The van der Waals surface area contributed by atoms with E-state index >= 15 is 0 Å². The number of fused-ring (bicyclic) bond motifs is 2. The van der Waals surface area contributed by atoms with Crippen LogP contribution in [0.25, 0.3) is 22.3 Å². The predicted molar refractivity (Wildman–Crippen MR) is 148 cm³/mol. The van der Waals surface area contributed by atoms with Gasteiger partial charge in [0.2, 0.25) is 5.95 Å². The van der Waals surface area contributed by atoms with Gasteiger partial charge in [0, 0.05) is 51.2 Å². The van der Waals surface area contributed by atoms with E-state index in [0.717, 1.165) is 48.7 Å². The number of hydrogen-bond donors (Lipinski definition) is 1. The fourth-order valence-corrected chi connectivity index (χ4v) is 5.53. The molecular formula is C26H27N7O4S. The van der Waals surface area contributed by atoms with E-state index in [0.29, 0.717) is 34.6 Å². The van der Waals surface area contributed by atoms with Crippen molar-refractivity contribution in [2.75, 3.05) is 48.8 Å². The van der Waals surface area contributed by atoms with Crippen LogP contribution < -0.4 is 25.8 Å². The average molecular weight is 534 g/mol. The number of nitrogens with zero attached hydrogens (tertiary/aromatic N) is 6. The van der Waals surface area contributed by atoms with Gasteiger partial charge in [-0.25, -0.2) is 9.78 Å². The summed E-state index contributed by atoms with van der Waals surface area (Å²) in [6.07, 6.45) is 0. The van der Waals surface area contributed by atoms with Crippen LogP contribution >= 0.6 is 11.8 Å². The molecule has 0 spiro atoms. The minimum absolute atomic E-state index is 0.373. The second-order valence-electron chi connectivity index (χ2n) is 9.02. The summed E-state index contributed by atoms with van der Waals surface area (Å²) in [7, 11) is 3.28. The molecule has 1 aliphatic rings. The quantitative estimate of drug-likeness (QED) is 0.315. The summed E-state index contributed by atoms with van der Waals surface area (Å²) in [5, 5.41) is 0.576. The number of benzene rings is 2. The molecule has 3 aromatic heterocycles. The fraction of sp³-hybridized carbons (Fsp3) is 0.308. The van der Waals surface area contributed by atoms with Crippen LogP contribution in [0.5, 0.6) is 5.75 Å². The highest BCUT2D eigenvalue weighted by atomic mass is 32.2. The topological polar surface area (TPSA) is 114 Å². The van der Waals surface area contributed by atoms with Crippen molar-refractivity contribution in [3.8, 4) is 5.75 Å². The van der Waals surface area contributed by atoms with E-state index in [4.69, 9.17) is 14.1 Å². The first-order valence-corrected chi connectivity index (χ1v) is 13.3. The second kappa shape index (κ2) is 9.93. The van der Waals surface area contributed by atoms with Gasteiger partial charge in [-0.3, -0.25) is 14.3 Å². The summed E-state index contributed by atoms with van der Waals surface area (Å²) >= 11 is 1.48. The van der Waals surface area contributed by atoms with Crippen molar-refractivity contribution in [1.29, 1.82) is 0 Å². The van der Waals surface area contributed by atoms with Crippen molar-refractivity contribution in [3.63, 3.8) is 0 Å². The largest absolute Gasteiger partial charge is 0.497 e. The Hall–Kier alpha value is -4.19. The lowest BCUT2D eigenvalue weighted by atomic mass is 10.2. The lowest BCUT2D eigenvalue weighted by molar-refractivity contribution is 0.415. The van der Waals surface area contributed by atoms with Crippen molar-refractivity contribution in [1.82, 2.24) is 24.1 Å². The number of hydrogen-bond acceptors (Lipinski definition) is 9. The number of thioether (sulfide) groups is 1. The molecule has 1 fully saturated rings.